The van der Waals surface area contributed by atoms with Crippen molar-refractivity contribution >= 4 is 5.97 Å². The van der Waals surface area contributed by atoms with E-state index < -0.39 is 30.6 Å². The Morgan fingerprint density at radius 1 is 1.43 bits per heavy atom. The zero-order valence-electron chi connectivity index (χ0n) is 8.04. The Morgan fingerprint density at radius 3 is 2.57 bits per heavy atom. The Kier molecular flexibility index (Phi) is 3.82. The molecule has 0 radical (unpaired) electrons. The van der Waals surface area contributed by atoms with E-state index in [9.17, 15) is 15.0 Å². The Labute approximate surface area is 81.4 Å². The highest BCUT2D eigenvalue weighted by Crippen LogP contribution is 2.21. The summed E-state index contributed by atoms with van der Waals surface area (Å²) in [5.41, 5.74) is 0. The highest BCUT2D eigenvalue weighted by molar-refractivity contribution is 5.74. The van der Waals surface area contributed by atoms with Gasteiger partial charge in [0, 0.05) is 13.5 Å². The first-order valence-electron chi connectivity index (χ1n) is 4.22. The first-order valence-corrected chi connectivity index (χ1v) is 4.22. The molecule has 1 heterocycles. The fourth-order valence-corrected chi connectivity index (χ4v) is 1.32. The number of hydrogen-bond donors (Lipinski definition) is 2. The van der Waals surface area contributed by atoms with Crippen molar-refractivity contribution in [3.63, 3.8) is 0 Å². The number of methoxy groups -OCH3 is 2. The molecule has 0 amide bonds. The van der Waals surface area contributed by atoms with Crippen LogP contribution >= 0.6 is 0 Å². The van der Waals surface area contributed by atoms with Crippen molar-refractivity contribution in [2.24, 2.45) is 0 Å². The maximum Gasteiger partial charge on any atom is 0.335 e. The number of esters is 1. The van der Waals surface area contributed by atoms with Crippen molar-refractivity contribution in [1.29, 1.82) is 0 Å². The molecule has 82 valence electrons. The standard InChI is InChI=1S/C8H14O6/c1-12-7(11)5-3-4(9)6(10)8(13-2)14-5/h4-6,8-10H,3H2,1-2H3/t4-,5?,6+,8?/m1/s1. The van der Waals surface area contributed by atoms with Gasteiger partial charge in [-0.1, -0.05) is 0 Å². The second-order valence-electron chi connectivity index (χ2n) is 3.05. The van der Waals surface area contributed by atoms with E-state index >= 15 is 0 Å². The zero-order valence-corrected chi connectivity index (χ0v) is 8.04. The highest BCUT2D eigenvalue weighted by Gasteiger charge is 2.40. The van der Waals surface area contributed by atoms with E-state index in [-0.39, 0.29) is 6.42 Å². The molecule has 1 aliphatic rings. The normalized spacial score (nSPS) is 38.0. The molecule has 0 saturated carbocycles. The SMILES string of the molecule is COC(=O)C1C[C@@H](O)[C@H](O)C(OC)O1. The molecule has 1 aliphatic heterocycles. The fourth-order valence-electron chi connectivity index (χ4n) is 1.32. The summed E-state index contributed by atoms with van der Waals surface area (Å²) in [6, 6.07) is 0. The first kappa shape index (κ1) is 11.4. The largest absolute Gasteiger partial charge is 0.467 e. The Hall–Kier alpha value is -0.690. The van der Waals surface area contributed by atoms with Crippen LogP contribution in [0, 0.1) is 0 Å². The van der Waals surface area contributed by atoms with Gasteiger partial charge in [-0.2, -0.15) is 0 Å². The molecule has 0 aromatic rings. The third-order valence-corrected chi connectivity index (χ3v) is 2.12. The van der Waals surface area contributed by atoms with Crippen molar-refractivity contribution in [2.75, 3.05) is 14.2 Å². The lowest BCUT2D eigenvalue weighted by atomic mass is 10.0. The average Bonchev–Trinajstić information content (AvgIpc) is 2.20. The molecule has 1 saturated heterocycles. The first-order chi connectivity index (χ1) is 6.60. The lowest BCUT2D eigenvalue weighted by molar-refractivity contribution is -0.258. The molecule has 0 aromatic carbocycles. The van der Waals surface area contributed by atoms with Crippen LogP contribution < -0.4 is 0 Å². The molecule has 0 aliphatic carbocycles. The van der Waals surface area contributed by atoms with Crippen molar-refractivity contribution in [3.05, 3.63) is 0 Å². The molecule has 0 aromatic heterocycles. The second kappa shape index (κ2) is 4.70. The smallest absolute Gasteiger partial charge is 0.335 e. The van der Waals surface area contributed by atoms with Gasteiger partial charge in [0.2, 0.25) is 0 Å². The maximum absolute atomic E-state index is 11.1. The molecular formula is C8H14O6. The van der Waals surface area contributed by atoms with Gasteiger partial charge < -0.3 is 24.4 Å². The van der Waals surface area contributed by atoms with Gasteiger partial charge in [-0.05, 0) is 0 Å². The quantitative estimate of drug-likeness (QED) is 0.543. The second-order valence-corrected chi connectivity index (χ2v) is 3.05. The van der Waals surface area contributed by atoms with E-state index in [0.29, 0.717) is 0 Å². The van der Waals surface area contributed by atoms with Gasteiger partial charge in [0.1, 0.15) is 6.10 Å². The lowest BCUT2D eigenvalue weighted by Crippen LogP contribution is -2.51. The molecule has 6 nitrogen and oxygen atoms in total. The molecule has 0 spiro atoms. The summed E-state index contributed by atoms with van der Waals surface area (Å²) in [6.07, 6.45) is -4.06. The predicted molar refractivity (Wildman–Crippen MR) is 44.3 cm³/mol. The Balaban J connectivity index is 2.62. The summed E-state index contributed by atoms with van der Waals surface area (Å²) < 4.78 is 14.3. The molecular weight excluding hydrogens is 192 g/mol. The molecule has 1 rings (SSSR count). The molecule has 2 unspecified atom stereocenters. The van der Waals surface area contributed by atoms with E-state index in [1.165, 1.54) is 14.2 Å². The van der Waals surface area contributed by atoms with Gasteiger partial charge in [0.15, 0.2) is 12.4 Å². The lowest BCUT2D eigenvalue weighted by Gasteiger charge is -2.34. The van der Waals surface area contributed by atoms with Crippen molar-refractivity contribution in [1.82, 2.24) is 0 Å². The van der Waals surface area contributed by atoms with E-state index in [2.05, 4.69) is 4.74 Å². The fraction of sp³-hybridized carbons (Fsp3) is 0.875. The van der Waals surface area contributed by atoms with Crippen LogP contribution in [0.4, 0.5) is 0 Å². The number of carbonyl (C=O) groups is 1. The van der Waals surface area contributed by atoms with Crippen LogP contribution in [0.2, 0.25) is 0 Å². The Bertz CT molecular complexity index is 206. The third-order valence-electron chi connectivity index (χ3n) is 2.12. The van der Waals surface area contributed by atoms with Crippen molar-refractivity contribution < 1.29 is 29.2 Å². The summed E-state index contributed by atoms with van der Waals surface area (Å²) in [7, 11) is 2.55. The molecule has 14 heavy (non-hydrogen) atoms. The van der Waals surface area contributed by atoms with Crippen molar-refractivity contribution in [3.8, 4) is 0 Å². The third kappa shape index (κ3) is 2.21. The molecule has 0 bridgehead atoms. The van der Waals surface area contributed by atoms with Crippen LogP contribution in [0.3, 0.4) is 0 Å². The number of rotatable bonds is 2. The summed E-state index contributed by atoms with van der Waals surface area (Å²) >= 11 is 0. The van der Waals surface area contributed by atoms with Gasteiger partial charge in [0.05, 0.1) is 13.2 Å². The maximum atomic E-state index is 11.1. The summed E-state index contributed by atoms with van der Waals surface area (Å²) in [5.74, 6) is -0.585. The van der Waals surface area contributed by atoms with E-state index in [1.54, 1.807) is 0 Å². The van der Waals surface area contributed by atoms with Crippen LogP contribution in [0.1, 0.15) is 6.42 Å². The van der Waals surface area contributed by atoms with Gasteiger partial charge in [-0.3, -0.25) is 0 Å². The number of hydrogen-bond acceptors (Lipinski definition) is 6. The average molecular weight is 206 g/mol. The molecule has 2 N–H and O–H groups in total. The minimum Gasteiger partial charge on any atom is -0.467 e. The number of ether oxygens (including phenoxy) is 3. The number of carbonyl (C=O) groups excluding carboxylic acids is 1. The van der Waals surface area contributed by atoms with Crippen molar-refractivity contribution in [2.45, 2.75) is 31.0 Å². The van der Waals surface area contributed by atoms with E-state index in [4.69, 9.17) is 9.47 Å². The van der Waals surface area contributed by atoms with Gasteiger partial charge in [-0.15, -0.1) is 0 Å². The zero-order chi connectivity index (χ0) is 10.7. The summed E-state index contributed by atoms with van der Waals surface area (Å²) in [5, 5.41) is 18.7. The minimum atomic E-state index is -1.14. The van der Waals surface area contributed by atoms with Gasteiger partial charge in [0.25, 0.3) is 0 Å². The predicted octanol–water partition coefficient (Wildman–Crippen LogP) is -1.36. The monoisotopic (exact) mass is 206 g/mol. The minimum absolute atomic E-state index is 0.00764. The molecule has 1 fully saturated rings. The van der Waals surface area contributed by atoms with Crippen LogP contribution in [0.15, 0.2) is 0 Å². The van der Waals surface area contributed by atoms with E-state index in [1.807, 2.05) is 0 Å². The summed E-state index contributed by atoms with van der Waals surface area (Å²) in [6.45, 7) is 0. The number of aliphatic hydroxyl groups excluding tert-OH is 2. The molecule has 4 atom stereocenters. The highest BCUT2D eigenvalue weighted by atomic mass is 16.7. The van der Waals surface area contributed by atoms with Crippen LogP contribution in [0.25, 0.3) is 0 Å². The summed E-state index contributed by atoms with van der Waals surface area (Å²) in [4.78, 5) is 11.1. The van der Waals surface area contributed by atoms with E-state index in [0.717, 1.165) is 0 Å². The van der Waals surface area contributed by atoms with Gasteiger partial charge >= 0.3 is 5.97 Å². The van der Waals surface area contributed by atoms with Crippen LogP contribution in [-0.4, -0.2) is 55.0 Å². The Morgan fingerprint density at radius 2 is 2.07 bits per heavy atom. The number of aliphatic hydroxyl groups is 2. The van der Waals surface area contributed by atoms with Gasteiger partial charge in [-0.25, -0.2) is 4.79 Å². The van der Waals surface area contributed by atoms with Crippen LogP contribution in [-0.2, 0) is 19.0 Å². The molecule has 6 heteroatoms. The van der Waals surface area contributed by atoms with Crippen LogP contribution in [0.5, 0.6) is 0 Å². The topological polar surface area (TPSA) is 85.2 Å².